The number of aromatic nitrogens is 5. The second-order valence-electron chi connectivity index (χ2n) is 5.48. The number of benzene rings is 1. The van der Waals surface area contributed by atoms with Gasteiger partial charge in [-0.2, -0.15) is 9.67 Å². The molecule has 0 aliphatic carbocycles. The first-order valence-electron chi connectivity index (χ1n) is 7.51. The standard InChI is InChI=1S/C15H14ClN7O3S/c1-27(25,26)11-6-9(5-10(16)7-11)13(24)20-8-12-21-14(17)22-23(12)15-18-3-2-4-19-15/h2-7H,8H2,1H3,(H2,17,22)(H,20,24). The van der Waals surface area contributed by atoms with Crippen LogP contribution in [-0.2, 0) is 16.4 Å². The summed E-state index contributed by atoms with van der Waals surface area (Å²) in [4.78, 5) is 24.5. The number of halogens is 1. The Morgan fingerprint density at radius 1 is 1.26 bits per heavy atom. The van der Waals surface area contributed by atoms with E-state index in [0.717, 1.165) is 6.26 Å². The van der Waals surface area contributed by atoms with Gasteiger partial charge in [0.15, 0.2) is 15.7 Å². The number of hydrogen-bond acceptors (Lipinski definition) is 8. The van der Waals surface area contributed by atoms with Crippen LogP contribution in [0.1, 0.15) is 16.2 Å². The number of sulfone groups is 1. The van der Waals surface area contributed by atoms with Crippen molar-refractivity contribution in [3.05, 3.63) is 53.1 Å². The van der Waals surface area contributed by atoms with Crippen LogP contribution in [-0.4, -0.2) is 45.3 Å². The van der Waals surface area contributed by atoms with Crippen molar-refractivity contribution in [3.63, 3.8) is 0 Å². The Morgan fingerprint density at radius 3 is 2.63 bits per heavy atom. The van der Waals surface area contributed by atoms with Crippen molar-refractivity contribution in [2.24, 2.45) is 0 Å². The number of nitrogens with one attached hydrogen (secondary N) is 1. The van der Waals surface area contributed by atoms with Gasteiger partial charge in [0, 0.05) is 29.2 Å². The van der Waals surface area contributed by atoms with E-state index in [2.05, 4.69) is 25.4 Å². The molecule has 3 N–H and O–H groups in total. The van der Waals surface area contributed by atoms with E-state index in [4.69, 9.17) is 17.3 Å². The third-order valence-electron chi connectivity index (χ3n) is 3.40. The lowest BCUT2D eigenvalue weighted by atomic mass is 10.2. The topological polar surface area (TPSA) is 146 Å². The van der Waals surface area contributed by atoms with Crippen molar-refractivity contribution < 1.29 is 13.2 Å². The molecule has 0 aliphatic rings. The monoisotopic (exact) mass is 407 g/mol. The summed E-state index contributed by atoms with van der Waals surface area (Å²) in [5.41, 5.74) is 5.72. The van der Waals surface area contributed by atoms with Gasteiger partial charge in [0.2, 0.25) is 5.95 Å². The third kappa shape index (κ3) is 4.38. The van der Waals surface area contributed by atoms with Crippen molar-refractivity contribution in [3.8, 4) is 5.95 Å². The summed E-state index contributed by atoms with van der Waals surface area (Å²) in [6.07, 6.45) is 4.09. The molecule has 0 saturated carbocycles. The Hall–Kier alpha value is -3.05. The highest BCUT2D eigenvalue weighted by Crippen LogP contribution is 2.19. The molecular weight excluding hydrogens is 394 g/mol. The van der Waals surface area contributed by atoms with Gasteiger partial charge in [-0.3, -0.25) is 4.79 Å². The fourth-order valence-electron chi connectivity index (χ4n) is 2.21. The zero-order valence-corrected chi connectivity index (χ0v) is 15.6. The molecule has 3 rings (SSSR count). The highest BCUT2D eigenvalue weighted by atomic mass is 35.5. The van der Waals surface area contributed by atoms with Gasteiger partial charge in [-0.1, -0.05) is 11.6 Å². The van der Waals surface area contributed by atoms with Gasteiger partial charge >= 0.3 is 0 Å². The van der Waals surface area contributed by atoms with E-state index < -0.39 is 15.7 Å². The number of carbonyl (C=O) groups is 1. The molecule has 0 unspecified atom stereocenters. The van der Waals surface area contributed by atoms with Gasteiger partial charge in [-0.15, -0.1) is 5.10 Å². The molecule has 0 spiro atoms. The van der Waals surface area contributed by atoms with Crippen LogP contribution < -0.4 is 11.1 Å². The lowest BCUT2D eigenvalue weighted by Gasteiger charge is -2.08. The highest BCUT2D eigenvalue weighted by Gasteiger charge is 2.16. The molecule has 0 aliphatic heterocycles. The fourth-order valence-corrected chi connectivity index (χ4v) is 3.19. The molecule has 1 aromatic carbocycles. The average Bonchev–Trinajstić information content (AvgIpc) is 3.00. The van der Waals surface area contributed by atoms with Crippen molar-refractivity contribution in [1.29, 1.82) is 0 Å². The summed E-state index contributed by atoms with van der Waals surface area (Å²) in [6.45, 7) is -0.0397. The minimum Gasteiger partial charge on any atom is -0.366 e. The van der Waals surface area contributed by atoms with E-state index in [1.165, 1.54) is 35.3 Å². The Balaban J connectivity index is 1.83. The van der Waals surface area contributed by atoms with Crippen LogP contribution in [0.3, 0.4) is 0 Å². The van der Waals surface area contributed by atoms with Crippen LogP contribution in [0.2, 0.25) is 5.02 Å². The summed E-state index contributed by atoms with van der Waals surface area (Å²) < 4.78 is 24.7. The summed E-state index contributed by atoms with van der Waals surface area (Å²) in [7, 11) is -3.51. The Labute approximate surface area is 159 Å². The van der Waals surface area contributed by atoms with Crippen LogP contribution in [0.15, 0.2) is 41.6 Å². The van der Waals surface area contributed by atoms with E-state index in [1.807, 2.05) is 0 Å². The van der Waals surface area contributed by atoms with Gasteiger partial charge in [0.1, 0.15) is 0 Å². The van der Waals surface area contributed by atoms with Crippen molar-refractivity contribution >= 4 is 33.3 Å². The van der Waals surface area contributed by atoms with Crippen LogP contribution in [0.5, 0.6) is 0 Å². The van der Waals surface area contributed by atoms with Crippen molar-refractivity contribution in [2.45, 2.75) is 11.4 Å². The maximum atomic E-state index is 12.4. The van der Waals surface area contributed by atoms with E-state index >= 15 is 0 Å². The summed E-state index contributed by atoms with van der Waals surface area (Å²) in [6, 6.07) is 5.53. The maximum absolute atomic E-state index is 12.4. The predicted octanol–water partition coefficient (Wildman–Crippen LogP) is 0.626. The van der Waals surface area contributed by atoms with Crippen molar-refractivity contribution in [2.75, 3.05) is 12.0 Å². The summed E-state index contributed by atoms with van der Waals surface area (Å²) >= 11 is 5.92. The van der Waals surface area contributed by atoms with Gasteiger partial charge < -0.3 is 11.1 Å². The highest BCUT2D eigenvalue weighted by molar-refractivity contribution is 7.90. The first-order valence-corrected chi connectivity index (χ1v) is 9.78. The summed E-state index contributed by atoms with van der Waals surface area (Å²) in [5.74, 6) is 0.00352. The first kappa shape index (κ1) is 18.7. The number of nitrogens with two attached hydrogens (primary N) is 1. The molecule has 27 heavy (non-hydrogen) atoms. The number of nitrogen functional groups attached to an aromatic ring is 1. The smallest absolute Gasteiger partial charge is 0.252 e. The normalized spacial score (nSPS) is 11.3. The van der Waals surface area contributed by atoms with E-state index in [1.54, 1.807) is 6.07 Å². The minimum atomic E-state index is -3.51. The average molecular weight is 408 g/mol. The maximum Gasteiger partial charge on any atom is 0.252 e. The Kier molecular flexibility index (Phi) is 5.06. The number of carbonyl (C=O) groups excluding carboxylic acids is 1. The molecule has 2 heterocycles. The van der Waals surface area contributed by atoms with E-state index in [9.17, 15) is 13.2 Å². The van der Waals surface area contributed by atoms with Crippen LogP contribution >= 0.6 is 11.6 Å². The lowest BCUT2D eigenvalue weighted by Crippen LogP contribution is -2.25. The molecule has 3 aromatic rings. The predicted molar refractivity (Wildman–Crippen MR) is 97.1 cm³/mol. The van der Waals surface area contributed by atoms with Gasteiger partial charge in [0.05, 0.1) is 11.4 Å². The molecule has 140 valence electrons. The SMILES string of the molecule is CS(=O)(=O)c1cc(Cl)cc(C(=O)NCc2nc(N)nn2-c2ncccn2)c1. The van der Waals surface area contributed by atoms with E-state index in [0.29, 0.717) is 5.82 Å². The number of anilines is 1. The molecule has 0 radical (unpaired) electrons. The van der Waals surface area contributed by atoms with E-state index in [-0.39, 0.29) is 33.9 Å². The third-order valence-corrected chi connectivity index (χ3v) is 4.71. The van der Waals surface area contributed by atoms with Crippen molar-refractivity contribution in [1.82, 2.24) is 30.0 Å². The zero-order valence-electron chi connectivity index (χ0n) is 14.0. The zero-order chi connectivity index (χ0) is 19.6. The van der Waals surface area contributed by atoms with Gasteiger partial charge in [0.25, 0.3) is 11.9 Å². The first-order chi connectivity index (χ1) is 12.7. The second kappa shape index (κ2) is 7.29. The molecule has 2 aromatic heterocycles. The molecule has 12 heteroatoms. The molecule has 0 atom stereocenters. The Bertz CT molecular complexity index is 1100. The van der Waals surface area contributed by atoms with Crippen LogP contribution in [0.4, 0.5) is 5.95 Å². The number of nitrogens with zero attached hydrogens (tertiary/aromatic N) is 5. The molecule has 10 nitrogen and oxygen atoms in total. The molecular formula is C15H14ClN7O3S. The van der Waals surface area contributed by atoms with Crippen LogP contribution in [0, 0.1) is 0 Å². The number of hydrogen-bond donors (Lipinski definition) is 2. The summed E-state index contributed by atoms with van der Waals surface area (Å²) in [5, 5.41) is 6.75. The number of amides is 1. The lowest BCUT2D eigenvalue weighted by molar-refractivity contribution is 0.0949. The number of rotatable bonds is 5. The molecule has 1 amide bonds. The molecule has 0 fully saturated rings. The van der Waals surface area contributed by atoms with Crippen LogP contribution in [0.25, 0.3) is 5.95 Å². The molecule has 0 saturated heterocycles. The molecule has 0 bridgehead atoms. The largest absolute Gasteiger partial charge is 0.366 e. The van der Waals surface area contributed by atoms with Gasteiger partial charge in [-0.05, 0) is 24.3 Å². The minimum absolute atomic E-state index is 0.00572. The Morgan fingerprint density at radius 2 is 1.96 bits per heavy atom. The van der Waals surface area contributed by atoms with Gasteiger partial charge in [-0.25, -0.2) is 18.4 Å². The second-order valence-corrected chi connectivity index (χ2v) is 7.93. The fraction of sp³-hybridized carbons (Fsp3) is 0.133. The quantitative estimate of drug-likeness (QED) is 0.626.